The summed E-state index contributed by atoms with van der Waals surface area (Å²) in [5.41, 5.74) is 0.375. The summed E-state index contributed by atoms with van der Waals surface area (Å²) >= 11 is 0. The van der Waals surface area contributed by atoms with Gasteiger partial charge in [0.05, 0.1) is 35.9 Å². The van der Waals surface area contributed by atoms with Crippen molar-refractivity contribution in [2.45, 2.75) is 12.5 Å². The van der Waals surface area contributed by atoms with Crippen LogP contribution < -0.4 is 10.3 Å². The molecule has 2 aromatic carbocycles. The Kier molecular flexibility index (Phi) is 4.87. The number of sulfone groups is 1. The first-order valence-corrected chi connectivity index (χ1v) is 11.0. The molecule has 1 aliphatic rings. The second-order valence-corrected chi connectivity index (χ2v) is 9.16. The summed E-state index contributed by atoms with van der Waals surface area (Å²) in [4.78, 5) is 17.5. The molecule has 1 saturated heterocycles. The number of benzene rings is 2. The molecule has 150 valence electrons. The maximum Gasteiger partial charge on any atom is 0.265 e. The Labute approximate surface area is 167 Å². The molecule has 0 amide bonds. The molecule has 0 unspecified atom stereocenters. The highest BCUT2D eigenvalue weighted by Crippen LogP contribution is 2.30. The SMILES string of the molecule is COc1ccccc1-n1c(O)c(C=N[C@H]2CCS(=O)(=O)C2)c2ccccc2c1=O. The summed E-state index contributed by atoms with van der Waals surface area (Å²) in [6.07, 6.45) is 1.91. The van der Waals surface area contributed by atoms with Crippen LogP contribution >= 0.6 is 0 Å². The van der Waals surface area contributed by atoms with Crippen LogP contribution in [0.25, 0.3) is 16.5 Å². The first-order valence-electron chi connectivity index (χ1n) is 9.15. The van der Waals surface area contributed by atoms with Gasteiger partial charge in [0.2, 0.25) is 5.88 Å². The van der Waals surface area contributed by atoms with E-state index in [1.807, 2.05) is 0 Å². The van der Waals surface area contributed by atoms with Gasteiger partial charge in [0.1, 0.15) is 5.75 Å². The number of fused-ring (bicyclic) bond motifs is 1. The molecule has 0 saturated carbocycles. The third-order valence-electron chi connectivity index (χ3n) is 5.05. The number of hydrogen-bond acceptors (Lipinski definition) is 6. The second-order valence-electron chi connectivity index (χ2n) is 6.93. The molecule has 0 spiro atoms. The van der Waals surface area contributed by atoms with Gasteiger partial charge in [-0.25, -0.2) is 13.0 Å². The Morgan fingerprint density at radius 2 is 1.83 bits per heavy atom. The zero-order chi connectivity index (χ0) is 20.6. The van der Waals surface area contributed by atoms with Crippen LogP contribution in [0.5, 0.6) is 11.6 Å². The van der Waals surface area contributed by atoms with Crippen LogP contribution in [-0.4, -0.2) is 49.0 Å². The fourth-order valence-corrected chi connectivity index (χ4v) is 5.24. The van der Waals surface area contributed by atoms with Gasteiger partial charge in [-0.15, -0.1) is 0 Å². The topological polar surface area (TPSA) is 98.0 Å². The summed E-state index contributed by atoms with van der Waals surface area (Å²) < 4.78 is 29.9. The van der Waals surface area contributed by atoms with E-state index in [1.165, 1.54) is 17.9 Å². The van der Waals surface area contributed by atoms with E-state index < -0.39 is 9.84 Å². The van der Waals surface area contributed by atoms with E-state index in [0.717, 1.165) is 0 Å². The Morgan fingerprint density at radius 3 is 2.52 bits per heavy atom. The Morgan fingerprint density at radius 1 is 1.14 bits per heavy atom. The largest absolute Gasteiger partial charge is 0.495 e. The molecule has 4 rings (SSSR count). The number of hydrogen-bond donors (Lipinski definition) is 1. The van der Waals surface area contributed by atoms with Gasteiger partial charge in [0.25, 0.3) is 5.56 Å². The third kappa shape index (κ3) is 3.51. The lowest BCUT2D eigenvalue weighted by Crippen LogP contribution is -2.20. The van der Waals surface area contributed by atoms with Crippen LogP contribution in [0.1, 0.15) is 12.0 Å². The highest BCUT2D eigenvalue weighted by molar-refractivity contribution is 7.91. The summed E-state index contributed by atoms with van der Waals surface area (Å²) in [5, 5.41) is 12.0. The summed E-state index contributed by atoms with van der Waals surface area (Å²) in [5.74, 6) is 0.268. The molecule has 7 nitrogen and oxygen atoms in total. The molecule has 29 heavy (non-hydrogen) atoms. The number of aromatic hydroxyl groups is 1. The van der Waals surface area contributed by atoms with Crippen molar-refractivity contribution >= 4 is 26.8 Å². The average molecular weight is 412 g/mol. The average Bonchev–Trinajstić information content (AvgIpc) is 3.07. The molecule has 1 aliphatic heterocycles. The fourth-order valence-electron chi connectivity index (χ4n) is 3.60. The Bertz CT molecular complexity index is 1280. The Hall–Kier alpha value is -3.13. The molecule has 1 atom stereocenters. The van der Waals surface area contributed by atoms with Crippen molar-refractivity contribution < 1.29 is 18.3 Å². The van der Waals surface area contributed by atoms with Crippen molar-refractivity contribution in [2.75, 3.05) is 18.6 Å². The molecule has 0 bridgehead atoms. The molecule has 1 N–H and O–H groups in total. The first kappa shape index (κ1) is 19.2. The number of para-hydroxylation sites is 2. The minimum atomic E-state index is -3.07. The van der Waals surface area contributed by atoms with Crippen molar-refractivity contribution in [3.63, 3.8) is 0 Å². The second kappa shape index (κ2) is 7.36. The molecule has 8 heteroatoms. The lowest BCUT2D eigenvalue weighted by atomic mass is 10.1. The molecule has 1 fully saturated rings. The van der Waals surface area contributed by atoms with Gasteiger partial charge in [-0.3, -0.25) is 9.79 Å². The normalized spacial score (nSPS) is 18.4. The van der Waals surface area contributed by atoms with Crippen molar-refractivity contribution in [3.05, 3.63) is 64.4 Å². The highest BCUT2D eigenvalue weighted by Gasteiger charge is 2.27. The maximum absolute atomic E-state index is 13.1. The van der Waals surface area contributed by atoms with E-state index in [2.05, 4.69) is 4.99 Å². The Balaban J connectivity index is 1.94. The molecular formula is C21H20N2O5S. The van der Waals surface area contributed by atoms with E-state index >= 15 is 0 Å². The van der Waals surface area contributed by atoms with Crippen molar-refractivity contribution in [2.24, 2.45) is 4.99 Å². The molecular weight excluding hydrogens is 392 g/mol. The molecule has 0 radical (unpaired) electrons. The van der Waals surface area contributed by atoms with E-state index in [-0.39, 0.29) is 29.0 Å². The number of rotatable bonds is 4. The molecule has 2 heterocycles. The van der Waals surface area contributed by atoms with Gasteiger partial charge in [0.15, 0.2) is 9.84 Å². The van der Waals surface area contributed by atoms with Gasteiger partial charge in [-0.2, -0.15) is 0 Å². The zero-order valence-corrected chi connectivity index (χ0v) is 16.6. The number of aromatic nitrogens is 1. The number of nitrogens with zero attached hydrogens (tertiary/aromatic N) is 2. The quantitative estimate of drug-likeness (QED) is 0.663. The predicted molar refractivity (Wildman–Crippen MR) is 112 cm³/mol. The van der Waals surface area contributed by atoms with E-state index in [4.69, 9.17) is 4.74 Å². The molecule has 1 aromatic heterocycles. The number of aliphatic imine (C=N–C) groups is 1. The smallest absolute Gasteiger partial charge is 0.265 e. The van der Waals surface area contributed by atoms with E-state index in [0.29, 0.717) is 34.2 Å². The van der Waals surface area contributed by atoms with Crippen LogP contribution in [0.2, 0.25) is 0 Å². The van der Waals surface area contributed by atoms with Crippen molar-refractivity contribution in [1.82, 2.24) is 4.57 Å². The number of ether oxygens (including phenoxy) is 1. The molecule has 0 aliphatic carbocycles. The van der Waals surface area contributed by atoms with E-state index in [1.54, 1.807) is 48.5 Å². The van der Waals surface area contributed by atoms with Crippen LogP contribution in [0.3, 0.4) is 0 Å². The van der Waals surface area contributed by atoms with Gasteiger partial charge in [-0.1, -0.05) is 30.3 Å². The zero-order valence-electron chi connectivity index (χ0n) is 15.8. The standard InChI is InChI=1S/C21H20N2O5S/c1-28-19-9-5-4-8-18(19)23-20(24)16-7-3-2-6-15(16)17(21(23)25)12-22-14-10-11-29(26,27)13-14/h2-9,12,14,25H,10-11,13H2,1H3/t14-/m0/s1. The maximum atomic E-state index is 13.1. The number of pyridine rings is 1. The van der Waals surface area contributed by atoms with Crippen LogP contribution in [0.15, 0.2) is 58.3 Å². The minimum Gasteiger partial charge on any atom is -0.495 e. The first-order chi connectivity index (χ1) is 13.9. The van der Waals surface area contributed by atoms with Crippen LogP contribution in [0, 0.1) is 0 Å². The predicted octanol–water partition coefficient (Wildman–Crippen LogP) is 2.31. The minimum absolute atomic E-state index is 0.00561. The van der Waals surface area contributed by atoms with Crippen molar-refractivity contribution in [3.8, 4) is 17.3 Å². The van der Waals surface area contributed by atoms with Gasteiger partial charge >= 0.3 is 0 Å². The molecule has 3 aromatic rings. The highest BCUT2D eigenvalue weighted by atomic mass is 32.2. The van der Waals surface area contributed by atoms with Crippen molar-refractivity contribution in [1.29, 1.82) is 0 Å². The monoisotopic (exact) mass is 412 g/mol. The summed E-state index contributed by atoms with van der Waals surface area (Å²) in [6.45, 7) is 0. The van der Waals surface area contributed by atoms with Crippen LogP contribution in [-0.2, 0) is 9.84 Å². The lowest BCUT2D eigenvalue weighted by Gasteiger charge is -2.16. The lowest BCUT2D eigenvalue weighted by molar-refractivity contribution is 0.404. The van der Waals surface area contributed by atoms with Gasteiger partial charge < -0.3 is 9.84 Å². The van der Waals surface area contributed by atoms with Crippen LogP contribution in [0.4, 0.5) is 0 Å². The van der Waals surface area contributed by atoms with E-state index in [9.17, 15) is 18.3 Å². The van der Waals surface area contributed by atoms with Gasteiger partial charge in [-0.05, 0) is 24.6 Å². The fraction of sp³-hybridized carbons (Fsp3) is 0.238. The van der Waals surface area contributed by atoms with Gasteiger partial charge in [0, 0.05) is 17.0 Å². The third-order valence-corrected chi connectivity index (χ3v) is 6.80. The summed E-state index contributed by atoms with van der Waals surface area (Å²) in [6, 6.07) is 13.5. The summed E-state index contributed by atoms with van der Waals surface area (Å²) in [7, 11) is -1.58. The number of methoxy groups -OCH3 is 1.